The number of benzene rings is 1. The molecule has 3 rings (SSSR count). The van der Waals surface area contributed by atoms with E-state index in [1.807, 2.05) is 23.4 Å². The molecule has 1 aromatic heterocycles. The second-order valence-corrected chi connectivity index (χ2v) is 7.98. The second kappa shape index (κ2) is 10.8. The minimum Gasteiger partial charge on any atom is -0.395 e. The van der Waals surface area contributed by atoms with Gasteiger partial charge < -0.3 is 20.6 Å². The third-order valence-electron chi connectivity index (χ3n) is 4.60. The molecule has 1 fully saturated rings. The van der Waals surface area contributed by atoms with E-state index >= 15 is 0 Å². The summed E-state index contributed by atoms with van der Waals surface area (Å²) in [4.78, 5) is 24.1. The van der Waals surface area contributed by atoms with Crippen molar-refractivity contribution < 1.29 is 9.90 Å². The van der Waals surface area contributed by atoms with Crippen molar-refractivity contribution in [3.63, 3.8) is 0 Å². The lowest BCUT2D eigenvalue weighted by molar-refractivity contribution is 0.116. The Balaban J connectivity index is 1.66. The van der Waals surface area contributed by atoms with Gasteiger partial charge in [0.05, 0.1) is 11.5 Å². The van der Waals surface area contributed by atoms with E-state index in [1.54, 1.807) is 12.1 Å². The molecule has 0 spiro atoms. The first kappa shape index (κ1) is 22.6. The van der Waals surface area contributed by atoms with E-state index in [0.717, 1.165) is 36.6 Å². The molecule has 1 aromatic carbocycles. The maximum atomic E-state index is 12.2. The molecule has 0 unspecified atom stereocenters. The number of anilines is 2. The van der Waals surface area contributed by atoms with Crippen molar-refractivity contribution in [2.75, 3.05) is 63.3 Å². The highest BCUT2D eigenvalue weighted by Gasteiger charge is 2.16. The highest BCUT2D eigenvalue weighted by molar-refractivity contribution is 7.98. The monoisotopic (exact) mass is 451 g/mol. The summed E-state index contributed by atoms with van der Waals surface area (Å²) >= 11 is 7.76. The van der Waals surface area contributed by atoms with Crippen LogP contribution in [-0.2, 0) is 0 Å². The lowest BCUT2D eigenvalue weighted by atomic mass is 10.2. The third-order valence-corrected chi connectivity index (χ3v) is 5.78. The Morgan fingerprint density at radius 1 is 1.20 bits per heavy atom. The molecule has 2 aromatic rings. The van der Waals surface area contributed by atoms with Crippen molar-refractivity contribution in [1.82, 2.24) is 25.3 Å². The molecule has 0 bridgehead atoms. The Morgan fingerprint density at radius 2 is 1.90 bits per heavy atom. The van der Waals surface area contributed by atoms with Gasteiger partial charge in [-0.05, 0) is 37.6 Å². The van der Waals surface area contributed by atoms with E-state index in [9.17, 15) is 4.79 Å². The minimum atomic E-state index is -0.272. The number of halogens is 1. The normalized spacial score (nSPS) is 15.1. The fourth-order valence-corrected chi connectivity index (χ4v) is 3.88. The van der Waals surface area contributed by atoms with Crippen molar-refractivity contribution in [1.29, 1.82) is 0 Å². The molecular weight excluding hydrogens is 426 g/mol. The molecule has 9 nitrogen and oxygen atoms in total. The van der Waals surface area contributed by atoms with Gasteiger partial charge in [-0.15, -0.1) is 11.8 Å². The second-order valence-electron chi connectivity index (χ2n) is 6.80. The highest BCUT2D eigenvalue weighted by Crippen LogP contribution is 2.32. The fraction of sp³-hybridized carbons (Fsp3) is 0.421. The van der Waals surface area contributed by atoms with E-state index in [0.29, 0.717) is 29.0 Å². The quantitative estimate of drug-likeness (QED) is 0.375. The van der Waals surface area contributed by atoms with Crippen LogP contribution in [0.3, 0.4) is 0 Å². The number of carbonyl (C=O) groups is 1. The van der Waals surface area contributed by atoms with Gasteiger partial charge in [-0.3, -0.25) is 5.43 Å². The summed E-state index contributed by atoms with van der Waals surface area (Å²) in [6.45, 7) is 3.77. The average molecular weight is 452 g/mol. The highest BCUT2D eigenvalue weighted by atomic mass is 35.5. The van der Waals surface area contributed by atoms with Crippen molar-refractivity contribution in [3.8, 4) is 11.4 Å². The predicted molar refractivity (Wildman–Crippen MR) is 121 cm³/mol. The molecule has 11 heteroatoms. The standard InChI is InChI=1S/C19H26ClN7O2S/c1-26-8-10-27(11-9-26)25-19(29)22-14-5-3-13(4-6-14)17-23-16(20)15(30-2)18(24-17)21-7-12-28/h3-6,28H,7-12H2,1-2H3,(H,21,23,24)(H2,22,25,29). The molecule has 1 aliphatic rings. The Kier molecular flexibility index (Phi) is 8.11. The number of aliphatic hydroxyl groups excluding tert-OH is 1. The number of likely N-dealkylation sites (N-methyl/N-ethyl adjacent to an activating group) is 1. The van der Waals surface area contributed by atoms with E-state index < -0.39 is 0 Å². The minimum absolute atomic E-state index is 0.0126. The van der Waals surface area contributed by atoms with Gasteiger partial charge in [0.1, 0.15) is 11.0 Å². The summed E-state index contributed by atoms with van der Waals surface area (Å²) in [5.74, 6) is 1.05. The maximum absolute atomic E-state index is 12.2. The fourth-order valence-electron chi connectivity index (χ4n) is 2.95. The van der Waals surface area contributed by atoms with Gasteiger partial charge in [0.25, 0.3) is 0 Å². The molecule has 0 radical (unpaired) electrons. The molecule has 30 heavy (non-hydrogen) atoms. The molecule has 2 heterocycles. The van der Waals surface area contributed by atoms with Gasteiger partial charge >= 0.3 is 6.03 Å². The molecule has 162 valence electrons. The van der Waals surface area contributed by atoms with Crippen LogP contribution in [0.4, 0.5) is 16.3 Å². The summed E-state index contributed by atoms with van der Waals surface area (Å²) in [7, 11) is 2.07. The first-order valence-electron chi connectivity index (χ1n) is 9.58. The maximum Gasteiger partial charge on any atom is 0.333 e. The van der Waals surface area contributed by atoms with E-state index in [2.05, 4.69) is 38.0 Å². The summed E-state index contributed by atoms with van der Waals surface area (Å²) < 4.78 is 0. The number of nitrogens with one attached hydrogen (secondary N) is 3. The molecular formula is C19H26ClN7O2S. The number of hydrogen-bond donors (Lipinski definition) is 4. The van der Waals surface area contributed by atoms with Crippen LogP contribution in [0.5, 0.6) is 0 Å². The van der Waals surface area contributed by atoms with Crippen LogP contribution >= 0.6 is 23.4 Å². The zero-order valence-electron chi connectivity index (χ0n) is 17.0. The van der Waals surface area contributed by atoms with Gasteiger partial charge in [0, 0.05) is 44.0 Å². The summed E-state index contributed by atoms with van der Waals surface area (Å²) in [6.07, 6.45) is 1.89. The Morgan fingerprint density at radius 3 is 2.53 bits per heavy atom. The number of carbonyl (C=O) groups excluding carboxylic acids is 1. The van der Waals surface area contributed by atoms with Gasteiger partial charge in [-0.25, -0.2) is 19.8 Å². The molecule has 0 atom stereocenters. The third kappa shape index (κ3) is 5.96. The number of urea groups is 1. The van der Waals surface area contributed by atoms with Crippen molar-refractivity contribution >= 4 is 40.9 Å². The number of aromatic nitrogens is 2. The van der Waals surface area contributed by atoms with Crippen molar-refractivity contribution in [2.24, 2.45) is 0 Å². The number of hydrazine groups is 1. The zero-order chi connectivity index (χ0) is 21.5. The van der Waals surface area contributed by atoms with Crippen LogP contribution in [0.15, 0.2) is 29.2 Å². The Hall–Kier alpha value is -2.11. The van der Waals surface area contributed by atoms with E-state index in [-0.39, 0.29) is 12.6 Å². The Bertz CT molecular complexity index is 861. The van der Waals surface area contributed by atoms with Crippen molar-refractivity contribution in [3.05, 3.63) is 29.4 Å². The van der Waals surface area contributed by atoms with Gasteiger partial charge in [0.15, 0.2) is 5.82 Å². The van der Waals surface area contributed by atoms with Gasteiger partial charge in [-0.2, -0.15) is 0 Å². The summed E-state index contributed by atoms with van der Waals surface area (Å²) in [5.41, 5.74) is 4.29. The molecule has 1 saturated heterocycles. The molecule has 1 aliphatic heterocycles. The van der Waals surface area contributed by atoms with E-state index in [4.69, 9.17) is 16.7 Å². The smallest absolute Gasteiger partial charge is 0.333 e. The van der Waals surface area contributed by atoms with Crippen LogP contribution in [0.2, 0.25) is 5.15 Å². The van der Waals surface area contributed by atoms with Crippen LogP contribution in [0.25, 0.3) is 11.4 Å². The number of thioether (sulfide) groups is 1. The average Bonchev–Trinajstić information content (AvgIpc) is 2.74. The van der Waals surface area contributed by atoms with Crippen LogP contribution in [0.1, 0.15) is 0 Å². The number of amides is 2. The van der Waals surface area contributed by atoms with Crippen LogP contribution in [-0.4, -0.2) is 83.6 Å². The van der Waals surface area contributed by atoms with E-state index in [1.165, 1.54) is 11.8 Å². The van der Waals surface area contributed by atoms with Crippen LogP contribution in [0, 0.1) is 0 Å². The lowest BCUT2D eigenvalue weighted by Crippen LogP contribution is -2.53. The summed E-state index contributed by atoms with van der Waals surface area (Å²) in [5, 5.41) is 17.2. The number of nitrogens with zero attached hydrogens (tertiary/aromatic N) is 4. The zero-order valence-corrected chi connectivity index (χ0v) is 18.6. The molecule has 0 aliphatic carbocycles. The lowest BCUT2D eigenvalue weighted by Gasteiger charge is -2.32. The van der Waals surface area contributed by atoms with Gasteiger partial charge in [-0.1, -0.05) is 11.6 Å². The molecule has 0 saturated carbocycles. The number of piperazine rings is 1. The molecule has 4 N–H and O–H groups in total. The largest absolute Gasteiger partial charge is 0.395 e. The Labute approximate surface area is 185 Å². The van der Waals surface area contributed by atoms with Crippen LogP contribution < -0.4 is 16.1 Å². The topological polar surface area (TPSA) is 106 Å². The SMILES string of the molecule is CSc1c(Cl)nc(-c2ccc(NC(=O)NN3CCN(C)CC3)cc2)nc1NCCO. The van der Waals surface area contributed by atoms with Crippen molar-refractivity contribution in [2.45, 2.75) is 4.90 Å². The first-order chi connectivity index (χ1) is 14.5. The number of aliphatic hydroxyl groups is 1. The molecule has 2 amide bonds. The number of hydrogen-bond acceptors (Lipinski definition) is 8. The predicted octanol–water partition coefficient (Wildman–Crippen LogP) is 2.21. The number of rotatable bonds is 7. The van der Waals surface area contributed by atoms with Gasteiger partial charge in [0.2, 0.25) is 0 Å². The first-order valence-corrected chi connectivity index (χ1v) is 11.2. The summed E-state index contributed by atoms with van der Waals surface area (Å²) in [6, 6.07) is 6.96.